The molecule has 0 aromatic rings. The average Bonchev–Trinajstić information content (AvgIpc) is 1.89. The van der Waals surface area contributed by atoms with Gasteiger partial charge in [-0.3, -0.25) is 0 Å². The van der Waals surface area contributed by atoms with Crippen molar-refractivity contribution >= 4 is 0 Å². The van der Waals surface area contributed by atoms with Gasteiger partial charge in [0.1, 0.15) is 0 Å². The molecule has 1 atom stereocenters. The quantitative estimate of drug-likeness (QED) is 0.526. The molecule has 0 rings (SSSR count). The highest BCUT2D eigenvalue weighted by molar-refractivity contribution is 4.52. The van der Waals surface area contributed by atoms with Gasteiger partial charge < -0.3 is 4.74 Å². The number of hydrogen-bond acceptors (Lipinski definition) is 1. The fourth-order valence-corrected chi connectivity index (χ4v) is 0.825. The molecule has 0 saturated heterocycles. The third-order valence-electron chi connectivity index (χ3n) is 1.40. The Kier molecular flexibility index (Phi) is 6.98. The Morgan fingerprint density at radius 2 is 2.00 bits per heavy atom. The summed E-state index contributed by atoms with van der Waals surface area (Å²) in [6.07, 6.45) is 2.03. The Labute approximate surface area is 63.2 Å². The molecule has 0 aliphatic rings. The summed E-state index contributed by atoms with van der Waals surface area (Å²) in [6.45, 7) is 5.33. The molecule has 0 amide bonds. The normalized spacial score (nSPS) is 13.5. The van der Waals surface area contributed by atoms with Gasteiger partial charge in [-0.1, -0.05) is 13.3 Å². The second-order valence-corrected chi connectivity index (χ2v) is 2.40. The molecule has 0 N–H and O–H groups in total. The molecule has 0 heterocycles. The van der Waals surface area contributed by atoms with E-state index in [0.717, 1.165) is 19.4 Å². The monoisotopic (exact) mass is 145 g/mol. The maximum Gasteiger partial charge on any atom is 0.0951 e. The van der Waals surface area contributed by atoms with E-state index in [0.29, 0.717) is 13.0 Å². The second kappa shape index (κ2) is 7.03. The molecule has 10 heavy (non-hydrogen) atoms. The molecule has 0 saturated carbocycles. The molecule has 0 aromatic carbocycles. The van der Waals surface area contributed by atoms with Crippen LogP contribution in [0.1, 0.15) is 33.1 Å². The van der Waals surface area contributed by atoms with Crippen LogP contribution in [0.25, 0.3) is 0 Å². The molecule has 2 nitrogen and oxygen atoms in total. The van der Waals surface area contributed by atoms with Crippen molar-refractivity contribution in [2.75, 3.05) is 13.2 Å². The summed E-state index contributed by atoms with van der Waals surface area (Å²) in [5, 5.41) is 10.9. The van der Waals surface area contributed by atoms with Crippen LogP contribution in [-0.2, 0) is 9.84 Å². The van der Waals surface area contributed by atoms with E-state index < -0.39 is 6.10 Å². The fraction of sp³-hybridized carbons (Fsp3) is 1.00. The Hall–Kier alpha value is -0.0800. The van der Waals surface area contributed by atoms with E-state index in [4.69, 9.17) is 4.74 Å². The number of ether oxygens (including phenoxy) is 1. The lowest BCUT2D eigenvalue weighted by molar-refractivity contribution is 0.0387. The molecular weight excluding hydrogens is 128 g/mol. The van der Waals surface area contributed by atoms with Gasteiger partial charge in [0, 0.05) is 19.6 Å². The molecule has 2 heteroatoms. The highest BCUT2D eigenvalue weighted by atomic mass is 16.5. The van der Waals surface area contributed by atoms with Crippen molar-refractivity contribution in [2.45, 2.75) is 39.2 Å². The topological polar surface area (TPSA) is 29.1 Å². The van der Waals surface area contributed by atoms with E-state index >= 15 is 0 Å². The van der Waals surface area contributed by atoms with Gasteiger partial charge in [-0.05, 0) is 13.3 Å². The first-order chi connectivity index (χ1) is 4.81. The lowest BCUT2D eigenvalue weighted by Gasteiger charge is -2.05. The van der Waals surface area contributed by atoms with Crippen LogP contribution in [0.3, 0.4) is 0 Å². The third kappa shape index (κ3) is 6.05. The van der Waals surface area contributed by atoms with E-state index in [1.54, 1.807) is 0 Å². The summed E-state index contributed by atoms with van der Waals surface area (Å²) in [6, 6.07) is 0. The Morgan fingerprint density at radius 3 is 2.50 bits per heavy atom. The van der Waals surface area contributed by atoms with Crippen LogP contribution < -0.4 is 0 Å². The summed E-state index contributed by atoms with van der Waals surface area (Å²) in [5.41, 5.74) is 0. The molecule has 0 fully saturated rings. The summed E-state index contributed by atoms with van der Waals surface area (Å²) in [4.78, 5) is 0. The van der Waals surface area contributed by atoms with Crippen molar-refractivity contribution in [3.8, 4) is 0 Å². The van der Waals surface area contributed by atoms with Gasteiger partial charge in [-0.25, -0.2) is 5.11 Å². The Bertz CT molecular complexity index is 64.3. The molecule has 0 aliphatic carbocycles. The molecule has 0 bridgehead atoms. The first-order valence-corrected chi connectivity index (χ1v) is 4.04. The number of hydrogen-bond donors (Lipinski definition) is 0. The first kappa shape index (κ1) is 9.92. The van der Waals surface area contributed by atoms with Gasteiger partial charge in [0.2, 0.25) is 0 Å². The minimum atomic E-state index is -0.406. The smallest absolute Gasteiger partial charge is 0.0951 e. The van der Waals surface area contributed by atoms with Gasteiger partial charge in [-0.15, -0.1) is 0 Å². The van der Waals surface area contributed by atoms with E-state index in [2.05, 4.69) is 0 Å². The second-order valence-electron chi connectivity index (χ2n) is 2.40. The van der Waals surface area contributed by atoms with E-state index in [-0.39, 0.29) is 0 Å². The highest BCUT2D eigenvalue weighted by Crippen LogP contribution is 2.01. The maximum atomic E-state index is 10.9. The minimum absolute atomic E-state index is 0.406. The van der Waals surface area contributed by atoms with Gasteiger partial charge >= 0.3 is 0 Å². The summed E-state index contributed by atoms with van der Waals surface area (Å²) < 4.78 is 5.05. The summed E-state index contributed by atoms with van der Waals surface area (Å²) >= 11 is 0. The average molecular weight is 145 g/mol. The van der Waals surface area contributed by atoms with Gasteiger partial charge in [0.15, 0.2) is 0 Å². The predicted octanol–water partition coefficient (Wildman–Crippen LogP) is 2.01. The van der Waals surface area contributed by atoms with Crippen LogP contribution >= 0.6 is 0 Å². The fourth-order valence-electron chi connectivity index (χ4n) is 0.825. The van der Waals surface area contributed by atoms with Crippen molar-refractivity contribution < 1.29 is 9.84 Å². The standard InChI is InChI=1S/C8H17O2/c1-3-5-8(9)6-7-10-4-2/h8H,3-7H2,1-2H3. The van der Waals surface area contributed by atoms with Crippen molar-refractivity contribution in [3.63, 3.8) is 0 Å². The SMILES string of the molecule is CCCC([O])CCOCC. The largest absolute Gasteiger partial charge is 0.382 e. The number of rotatable bonds is 6. The Morgan fingerprint density at radius 1 is 1.30 bits per heavy atom. The first-order valence-electron chi connectivity index (χ1n) is 4.04. The van der Waals surface area contributed by atoms with Crippen molar-refractivity contribution in [1.29, 1.82) is 0 Å². The highest BCUT2D eigenvalue weighted by Gasteiger charge is 2.02. The lowest BCUT2D eigenvalue weighted by atomic mass is 10.1. The molecule has 61 valence electrons. The molecular formula is C8H17O2. The van der Waals surface area contributed by atoms with E-state index in [9.17, 15) is 5.11 Å². The third-order valence-corrected chi connectivity index (χ3v) is 1.40. The van der Waals surface area contributed by atoms with Crippen LogP contribution in [0.4, 0.5) is 0 Å². The molecule has 0 aromatic heterocycles. The minimum Gasteiger partial charge on any atom is -0.382 e. The predicted molar refractivity (Wildman–Crippen MR) is 40.5 cm³/mol. The zero-order valence-electron chi connectivity index (χ0n) is 6.93. The zero-order chi connectivity index (χ0) is 7.82. The lowest BCUT2D eigenvalue weighted by Crippen LogP contribution is -2.08. The zero-order valence-corrected chi connectivity index (χ0v) is 6.93. The van der Waals surface area contributed by atoms with Crippen LogP contribution in [0.2, 0.25) is 0 Å². The van der Waals surface area contributed by atoms with Crippen LogP contribution in [0.15, 0.2) is 0 Å². The molecule has 0 aliphatic heterocycles. The van der Waals surface area contributed by atoms with E-state index in [1.165, 1.54) is 0 Å². The summed E-state index contributed by atoms with van der Waals surface area (Å²) in [7, 11) is 0. The van der Waals surface area contributed by atoms with Crippen molar-refractivity contribution in [3.05, 3.63) is 0 Å². The van der Waals surface area contributed by atoms with Crippen molar-refractivity contribution in [2.24, 2.45) is 0 Å². The summed E-state index contributed by atoms with van der Waals surface area (Å²) in [5.74, 6) is 0. The van der Waals surface area contributed by atoms with Gasteiger partial charge in [0.25, 0.3) is 0 Å². The van der Waals surface area contributed by atoms with Crippen LogP contribution in [0.5, 0.6) is 0 Å². The van der Waals surface area contributed by atoms with Crippen molar-refractivity contribution in [1.82, 2.24) is 0 Å². The Balaban J connectivity index is 2.97. The van der Waals surface area contributed by atoms with Gasteiger partial charge in [0.05, 0.1) is 6.10 Å². The molecule has 0 spiro atoms. The molecule has 1 radical (unpaired) electrons. The van der Waals surface area contributed by atoms with Crippen LogP contribution in [0, 0.1) is 0 Å². The molecule has 1 unspecified atom stereocenters. The maximum absolute atomic E-state index is 10.9. The van der Waals surface area contributed by atoms with Gasteiger partial charge in [-0.2, -0.15) is 0 Å². The van der Waals surface area contributed by atoms with E-state index in [1.807, 2.05) is 13.8 Å². The van der Waals surface area contributed by atoms with Crippen LogP contribution in [-0.4, -0.2) is 19.3 Å².